The molecule has 1 unspecified atom stereocenters. The van der Waals surface area contributed by atoms with Crippen molar-refractivity contribution in [3.8, 4) is 5.75 Å². The second-order valence-corrected chi connectivity index (χ2v) is 4.51. The van der Waals surface area contributed by atoms with Crippen LogP contribution in [0.2, 0.25) is 0 Å². The largest absolute Gasteiger partial charge is 0.494 e. The van der Waals surface area contributed by atoms with E-state index in [1.807, 2.05) is 24.3 Å². The van der Waals surface area contributed by atoms with Crippen LogP contribution in [-0.2, 0) is 0 Å². The Labute approximate surface area is 105 Å². The van der Waals surface area contributed by atoms with Crippen molar-refractivity contribution in [1.82, 2.24) is 0 Å². The number of benzene rings is 1. The van der Waals surface area contributed by atoms with Crippen molar-refractivity contribution in [2.45, 2.75) is 52.1 Å². The van der Waals surface area contributed by atoms with Gasteiger partial charge in [0.1, 0.15) is 5.75 Å². The predicted molar refractivity (Wildman–Crippen MR) is 71.3 cm³/mol. The molecule has 0 saturated carbocycles. The highest BCUT2D eigenvalue weighted by Gasteiger charge is 2.01. The van der Waals surface area contributed by atoms with Gasteiger partial charge in [0.25, 0.3) is 0 Å². The SMILES string of the molecule is CCCCCCCOc1cccc(C(C)O)c1. The number of hydrogen-bond donors (Lipinski definition) is 1. The average Bonchev–Trinajstić information content (AvgIpc) is 2.34. The smallest absolute Gasteiger partial charge is 0.119 e. The van der Waals surface area contributed by atoms with E-state index in [-0.39, 0.29) is 0 Å². The third-order valence-electron chi connectivity index (χ3n) is 2.86. The minimum Gasteiger partial charge on any atom is -0.494 e. The Kier molecular flexibility index (Phi) is 6.71. The van der Waals surface area contributed by atoms with Crippen LogP contribution in [0, 0.1) is 0 Å². The van der Waals surface area contributed by atoms with Gasteiger partial charge in [-0.05, 0) is 31.0 Å². The maximum Gasteiger partial charge on any atom is 0.119 e. The van der Waals surface area contributed by atoms with Crippen LogP contribution >= 0.6 is 0 Å². The standard InChI is InChI=1S/C15H24O2/c1-3-4-5-6-7-11-17-15-10-8-9-14(12-15)13(2)16/h8-10,12-13,16H,3-7,11H2,1-2H3. The van der Waals surface area contributed by atoms with E-state index in [0.717, 1.165) is 24.3 Å². The Morgan fingerprint density at radius 2 is 1.94 bits per heavy atom. The summed E-state index contributed by atoms with van der Waals surface area (Å²) in [5, 5.41) is 9.46. The van der Waals surface area contributed by atoms with Gasteiger partial charge in [-0.1, -0.05) is 44.7 Å². The van der Waals surface area contributed by atoms with Gasteiger partial charge in [-0.15, -0.1) is 0 Å². The molecule has 0 aromatic heterocycles. The molecule has 0 aliphatic rings. The lowest BCUT2D eigenvalue weighted by molar-refractivity contribution is 0.198. The first-order valence-electron chi connectivity index (χ1n) is 6.65. The summed E-state index contributed by atoms with van der Waals surface area (Å²) >= 11 is 0. The third-order valence-corrected chi connectivity index (χ3v) is 2.86. The Balaban J connectivity index is 2.24. The van der Waals surface area contributed by atoms with E-state index >= 15 is 0 Å². The van der Waals surface area contributed by atoms with Crippen molar-refractivity contribution in [3.63, 3.8) is 0 Å². The number of unbranched alkanes of at least 4 members (excludes halogenated alkanes) is 4. The van der Waals surface area contributed by atoms with Gasteiger partial charge in [0.2, 0.25) is 0 Å². The molecule has 1 aromatic rings. The first kappa shape index (κ1) is 14.0. The lowest BCUT2D eigenvalue weighted by atomic mass is 10.1. The highest BCUT2D eigenvalue weighted by atomic mass is 16.5. The summed E-state index contributed by atoms with van der Waals surface area (Å²) in [6.07, 6.45) is 5.81. The first-order valence-corrected chi connectivity index (χ1v) is 6.65. The molecule has 0 fully saturated rings. The zero-order valence-electron chi connectivity index (χ0n) is 11.0. The molecule has 0 saturated heterocycles. The monoisotopic (exact) mass is 236 g/mol. The summed E-state index contributed by atoms with van der Waals surface area (Å²) in [6, 6.07) is 7.70. The van der Waals surface area contributed by atoms with Gasteiger partial charge in [-0.3, -0.25) is 0 Å². The molecule has 0 radical (unpaired) electrons. The minimum absolute atomic E-state index is 0.428. The summed E-state index contributed by atoms with van der Waals surface area (Å²) in [5.41, 5.74) is 0.911. The Morgan fingerprint density at radius 3 is 2.65 bits per heavy atom. The van der Waals surface area contributed by atoms with E-state index in [1.54, 1.807) is 6.92 Å². The molecule has 0 heterocycles. The van der Waals surface area contributed by atoms with Crippen LogP contribution < -0.4 is 4.74 Å². The van der Waals surface area contributed by atoms with Gasteiger partial charge in [-0.25, -0.2) is 0 Å². The van der Waals surface area contributed by atoms with Crippen LogP contribution in [0.5, 0.6) is 5.75 Å². The number of rotatable bonds is 8. The van der Waals surface area contributed by atoms with Gasteiger partial charge in [0, 0.05) is 0 Å². The van der Waals surface area contributed by atoms with Crippen molar-refractivity contribution in [2.75, 3.05) is 6.61 Å². The molecule has 1 aromatic carbocycles. The summed E-state index contributed by atoms with van der Waals surface area (Å²) in [4.78, 5) is 0. The van der Waals surface area contributed by atoms with E-state index in [4.69, 9.17) is 4.74 Å². The van der Waals surface area contributed by atoms with Gasteiger partial charge in [0.15, 0.2) is 0 Å². The fraction of sp³-hybridized carbons (Fsp3) is 0.600. The quantitative estimate of drug-likeness (QED) is 0.689. The molecular weight excluding hydrogens is 212 g/mol. The molecule has 17 heavy (non-hydrogen) atoms. The topological polar surface area (TPSA) is 29.5 Å². The molecule has 0 aliphatic heterocycles. The van der Waals surface area contributed by atoms with Crippen LogP contribution in [-0.4, -0.2) is 11.7 Å². The zero-order valence-corrected chi connectivity index (χ0v) is 11.0. The zero-order chi connectivity index (χ0) is 12.5. The molecule has 1 atom stereocenters. The number of aliphatic hydroxyl groups excluding tert-OH is 1. The third kappa shape index (κ3) is 5.73. The van der Waals surface area contributed by atoms with Crippen LogP contribution in [0.4, 0.5) is 0 Å². The normalized spacial score (nSPS) is 12.4. The number of hydrogen-bond acceptors (Lipinski definition) is 2. The van der Waals surface area contributed by atoms with Crippen LogP contribution in [0.25, 0.3) is 0 Å². The molecule has 0 bridgehead atoms. The lowest BCUT2D eigenvalue weighted by Gasteiger charge is -2.09. The van der Waals surface area contributed by atoms with Crippen molar-refractivity contribution < 1.29 is 9.84 Å². The molecule has 2 nitrogen and oxygen atoms in total. The fourth-order valence-electron chi connectivity index (χ4n) is 1.76. The highest BCUT2D eigenvalue weighted by Crippen LogP contribution is 2.19. The first-order chi connectivity index (χ1) is 8.24. The van der Waals surface area contributed by atoms with Crippen molar-refractivity contribution in [3.05, 3.63) is 29.8 Å². The van der Waals surface area contributed by atoms with Crippen LogP contribution in [0.3, 0.4) is 0 Å². The van der Waals surface area contributed by atoms with Gasteiger partial charge in [0.05, 0.1) is 12.7 Å². The van der Waals surface area contributed by atoms with E-state index in [9.17, 15) is 5.11 Å². The van der Waals surface area contributed by atoms with Crippen molar-refractivity contribution in [1.29, 1.82) is 0 Å². The molecule has 1 rings (SSSR count). The van der Waals surface area contributed by atoms with E-state index in [2.05, 4.69) is 6.92 Å². The van der Waals surface area contributed by atoms with Gasteiger partial charge >= 0.3 is 0 Å². The Hall–Kier alpha value is -1.02. The van der Waals surface area contributed by atoms with Gasteiger partial charge in [-0.2, -0.15) is 0 Å². The van der Waals surface area contributed by atoms with Crippen LogP contribution in [0.1, 0.15) is 57.6 Å². The molecule has 0 spiro atoms. The molecule has 96 valence electrons. The molecule has 1 N–H and O–H groups in total. The summed E-state index contributed by atoms with van der Waals surface area (Å²) in [6.45, 7) is 4.76. The lowest BCUT2D eigenvalue weighted by Crippen LogP contribution is -1.98. The second-order valence-electron chi connectivity index (χ2n) is 4.51. The van der Waals surface area contributed by atoms with Gasteiger partial charge < -0.3 is 9.84 Å². The summed E-state index contributed by atoms with van der Waals surface area (Å²) in [7, 11) is 0. The van der Waals surface area contributed by atoms with E-state index in [1.165, 1.54) is 25.7 Å². The van der Waals surface area contributed by atoms with E-state index < -0.39 is 6.10 Å². The number of ether oxygens (including phenoxy) is 1. The Bertz CT molecular complexity index is 308. The molecule has 0 aliphatic carbocycles. The summed E-state index contributed by atoms with van der Waals surface area (Å²) < 4.78 is 5.67. The Morgan fingerprint density at radius 1 is 1.18 bits per heavy atom. The maximum absolute atomic E-state index is 9.46. The van der Waals surface area contributed by atoms with Crippen molar-refractivity contribution in [2.24, 2.45) is 0 Å². The molecule has 2 heteroatoms. The van der Waals surface area contributed by atoms with Crippen molar-refractivity contribution >= 4 is 0 Å². The second kappa shape index (κ2) is 8.13. The highest BCUT2D eigenvalue weighted by molar-refractivity contribution is 5.29. The maximum atomic E-state index is 9.46. The number of aliphatic hydroxyl groups is 1. The summed E-state index contributed by atoms with van der Waals surface area (Å²) in [5.74, 6) is 0.860. The molecular formula is C15H24O2. The van der Waals surface area contributed by atoms with E-state index in [0.29, 0.717) is 0 Å². The molecule has 0 amide bonds. The van der Waals surface area contributed by atoms with Crippen LogP contribution in [0.15, 0.2) is 24.3 Å². The predicted octanol–water partition coefficient (Wildman–Crippen LogP) is 4.09. The minimum atomic E-state index is -0.428. The fourth-order valence-corrected chi connectivity index (χ4v) is 1.76. The average molecular weight is 236 g/mol.